The lowest BCUT2D eigenvalue weighted by molar-refractivity contribution is -0.145. The molecule has 0 N–H and O–H groups in total. The maximum absolute atomic E-state index is 13.2. The summed E-state index contributed by atoms with van der Waals surface area (Å²) in [5.41, 5.74) is 2.52. The first-order valence-electron chi connectivity index (χ1n) is 12.3. The van der Waals surface area contributed by atoms with Crippen LogP contribution in [-0.4, -0.2) is 19.1 Å². The van der Waals surface area contributed by atoms with Crippen LogP contribution in [0.2, 0.25) is 0 Å². The molecule has 1 fully saturated rings. The Morgan fingerprint density at radius 3 is 2.24 bits per heavy atom. The lowest BCUT2D eigenvalue weighted by Gasteiger charge is -2.47. The number of halogens is 3. The van der Waals surface area contributed by atoms with Crippen LogP contribution in [0, 0.1) is 11.8 Å². The molecule has 186 valence electrons. The van der Waals surface area contributed by atoms with Gasteiger partial charge in [-0.2, -0.15) is 13.2 Å². The van der Waals surface area contributed by atoms with Gasteiger partial charge >= 0.3 is 12.1 Å². The van der Waals surface area contributed by atoms with Gasteiger partial charge in [-0.15, -0.1) is 0 Å². The van der Waals surface area contributed by atoms with Gasteiger partial charge in [0.05, 0.1) is 18.2 Å². The maximum atomic E-state index is 13.2. The van der Waals surface area contributed by atoms with Crippen molar-refractivity contribution >= 4 is 11.7 Å². The van der Waals surface area contributed by atoms with Crippen LogP contribution in [0.25, 0.3) is 0 Å². The van der Waals surface area contributed by atoms with Crippen LogP contribution in [0.15, 0.2) is 48.5 Å². The molecule has 1 heterocycles. The third kappa shape index (κ3) is 6.13. The Bertz CT molecular complexity index is 922. The summed E-state index contributed by atoms with van der Waals surface area (Å²) in [6.07, 6.45) is -1.37. The number of rotatable bonds is 8. The molecule has 2 unspecified atom stereocenters. The Hall–Kier alpha value is -2.50. The Morgan fingerprint density at radius 1 is 1.06 bits per heavy atom. The van der Waals surface area contributed by atoms with Gasteiger partial charge in [-0.05, 0) is 72.9 Å². The number of benzene rings is 2. The Kier molecular flexibility index (Phi) is 8.67. The van der Waals surface area contributed by atoms with E-state index in [0.29, 0.717) is 18.9 Å². The second-order valence-corrected chi connectivity index (χ2v) is 9.51. The normalized spacial score (nSPS) is 21.1. The minimum Gasteiger partial charge on any atom is -0.466 e. The van der Waals surface area contributed by atoms with Crippen molar-refractivity contribution in [1.29, 1.82) is 0 Å². The standard InChI is InChI=1S/C28H36F3NO2/c1-5-7-25-22(18-26(33)34-6-2)16-17-32(24-14-10-20(11-15-24)19(3)4)27(25)21-8-12-23(13-9-21)28(29,30)31/h8-15,19,22,25,27H,5-7,16-18H2,1-4H3/t22?,25-,27?/m1/s1. The second-order valence-electron chi connectivity index (χ2n) is 9.51. The molecule has 0 bridgehead atoms. The fourth-order valence-corrected chi connectivity index (χ4v) is 5.20. The number of carbonyl (C=O) groups excluding carboxylic acids is 1. The van der Waals surface area contributed by atoms with E-state index in [1.165, 1.54) is 17.7 Å². The predicted molar refractivity (Wildman–Crippen MR) is 130 cm³/mol. The number of esters is 1. The number of piperidine rings is 1. The lowest BCUT2D eigenvalue weighted by atomic mass is 9.73. The molecule has 1 saturated heterocycles. The Morgan fingerprint density at radius 2 is 1.71 bits per heavy atom. The number of ether oxygens (including phenoxy) is 1. The number of carbonyl (C=O) groups is 1. The molecular weight excluding hydrogens is 439 g/mol. The largest absolute Gasteiger partial charge is 0.466 e. The van der Waals surface area contributed by atoms with Gasteiger partial charge in [0, 0.05) is 18.7 Å². The van der Waals surface area contributed by atoms with Gasteiger partial charge in [-0.1, -0.05) is 51.5 Å². The maximum Gasteiger partial charge on any atom is 0.416 e. The zero-order valence-electron chi connectivity index (χ0n) is 20.6. The molecule has 1 aliphatic heterocycles. The number of hydrogen-bond donors (Lipinski definition) is 0. The minimum atomic E-state index is -4.37. The van der Waals surface area contributed by atoms with Crippen molar-refractivity contribution < 1.29 is 22.7 Å². The molecule has 0 spiro atoms. The van der Waals surface area contributed by atoms with E-state index >= 15 is 0 Å². The van der Waals surface area contributed by atoms with E-state index in [1.54, 1.807) is 19.1 Å². The highest BCUT2D eigenvalue weighted by Gasteiger charge is 2.40. The lowest BCUT2D eigenvalue weighted by Crippen LogP contribution is -2.44. The number of nitrogens with zero attached hydrogens (tertiary/aromatic N) is 1. The van der Waals surface area contributed by atoms with Crippen LogP contribution >= 0.6 is 0 Å². The molecule has 3 nitrogen and oxygen atoms in total. The first kappa shape index (κ1) is 26.1. The summed E-state index contributed by atoms with van der Waals surface area (Å²) in [6.45, 7) is 9.30. The molecular formula is C28H36F3NO2. The molecule has 0 amide bonds. The second kappa shape index (κ2) is 11.3. The monoisotopic (exact) mass is 475 g/mol. The fraction of sp³-hybridized carbons (Fsp3) is 0.536. The fourth-order valence-electron chi connectivity index (χ4n) is 5.20. The van der Waals surface area contributed by atoms with Gasteiger partial charge in [-0.3, -0.25) is 4.79 Å². The summed E-state index contributed by atoms with van der Waals surface area (Å²) >= 11 is 0. The van der Waals surface area contributed by atoms with Crippen molar-refractivity contribution in [3.05, 3.63) is 65.2 Å². The smallest absolute Gasteiger partial charge is 0.416 e. The molecule has 0 saturated carbocycles. The zero-order valence-corrected chi connectivity index (χ0v) is 20.6. The summed E-state index contributed by atoms with van der Waals surface area (Å²) in [5, 5.41) is 0. The van der Waals surface area contributed by atoms with E-state index in [0.717, 1.165) is 37.1 Å². The first-order valence-corrected chi connectivity index (χ1v) is 12.3. The van der Waals surface area contributed by atoms with E-state index in [9.17, 15) is 18.0 Å². The number of anilines is 1. The van der Waals surface area contributed by atoms with E-state index in [2.05, 4.69) is 49.9 Å². The van der Waals surface area contributed by atoms with Gasteiger partial charge in [0.15, 0.2) is 0 Å². The highest BCUT2D eigenvalue weighted by molar-refractivity contribution is 5.69. The van der Waals surface area contributed by atoms with Crippen molar-refractivity contribution in [1.82, 2.24) is 0 Å². The minimum absolute atomic E-state index is 0.111. The zero-order chi connectivity index (χ0) is 24.9. The average molecular weight is 476 g/mol. The van der Waals surface area contributed by atoms with Gasteiger partial charge in [-0.25, -0.2) is 0 Å². The highest BCUT2D eigenvalue weighted by atomic mass is 19.4. The average Bonchev–Trinajstić information content (AvgIpc) is 2.80. The van der Waals surface area contributed by atoms with Crippen molar-refractivity contribution in [2.45, 2.75) is 71.5 Å². The third-order valence-corrected chi connectivity index (χ3v) is 6.91. The SMILES string of the molecule is CCC[C@@H]1C(CC(=O)OCC)CCN(c2ccc(C(C)C)cc2)C1c1ccc(C(F)(F)F)cc1. The summed E-state index contributed by atoms with van der Waals surface area (Å²) < 4.78 is 44.9. The van der Waals surface area contributed by atoms with Gasteiger partial charge in [0.25, 0.3) is 0 Å². The molecule has 1 aliphatic rings. The van der Waals surface area contributed by atoms with Crippen molar-refractivity contribution in [3.8, 4) is 0 Å². The van der Waals surface area contributed by atoms with E-state index in [4.69, 9.17) is 4.74 Å². The van der Waals surface area contributed by atoms with Crippen LogP contribution < -0.4 is 4.90 Å². The molecule has 0 aliphatic carbocycles. The predicted octanol–water partition coefficient (Wildman–Crippen LogP) is 7.77. The summed E-state index contributed by atoms with van der Waals surface area (Å²) in [6, 6.07) is 13.9. The highest BCUT2D eigenvalue weighted by Crippen LogP contribution is 2.46. The molecule has 6 heteroatoms. The van der Waals surface area contributed by atoms with Gasteiger partial charge < -0.3 is 9.64 Å². The molecule has 3 rings (SSSR count). The molecule has 2 aromatic rings. The quantitative estimate of drug-likeness (QED) is 0.365. The van der Waals surface area contributed by atoms with E-state index in [-0.39, 0.29) is 23.8 Å². The van der Waals surface area contributed by atoms with Gasteiger partial charge in [0.1, 0.15) is 0 Å². The molecule has 3 atom stereocenters. The van der Waals surface area contributed by atoms with Crippen LogP contribution in [0.1, 0.15) is 82.0 Å². The van der Waals surface area contributed by atoms with Crippen molar-refractivity contribution in [2.75, 3.05) is 18.1 Å². The third-order valence-electron chi connectivity index (χ3n) is 6.91. The number of alkyl halides is 3. The van der Waals surface area contributed by atoms with Crippen LogP contribution in [0.5, 0.6) is 0 Å². The van der Waals surface area contributed by atoms with Gasteiger partial charge in [0.2, 0.25) is 0 Å². The van der Waals surface area contributed by atoms with Crippen LogP contribution in [0.3, 0.4) is 0 Å². The Balaban J connectivity index is 2.01. The number of hydrogen-bond acceptors (Lipinski definition) is 3. The van der Waals surface area contributed by atoms with Crippen LogP contribution in [-0.2, 0) is 15.7 Å². The topological polar surface area (TPSA) is 29.5 Å². The molecule has 0 aromatic heterocycles. The van der Waals surface area contributed by atoms with E-state index in [1.807, 2.05) is 0 Å². The molecule has 0 radical (unpaired) electrons. The summed E-state index contributed by atoms with van der Waals surface area (Å²) in [7, 11) is 0. The molecule has 2 aromatic carbocycles. The molecule has 34 heavy (non-hydrogen) atoms. The first-order chi connectivity index (χ1) is 16.2. The van der Waals surface area contributed by atoms with E-state index < -0.39 is 11.7 Å². The van der Waals surface area contributed by atoms with Crippen LogP contribution in [0.4, 0.5) is 18.9 Å². The Labute approximate surface area is 201 Å². The van der Waals surface area contributed by atoms with Crippen molar-refractivity contribution in [2.24, 2.45) is 11.8 Å². The summed E-state index contributed by atoms with van der Waals surface area (Å²) in [4.78, 5) is 14.7. The summed E-state index contributed by atoms with van der Waals surface area (Å²) in [5.74, 6) is 0.472. The van der Waals surface area contributed by atoms with Crippen molar-refractivity contribution in [3.63, 3.8) is 0 Å².